The molecule has 2 rings (SSSR count). The van der Waals surface area contributed by atoms with Crippen molar-refractivity contribution in [1.82, 2.24) is 10.6 Å². The van der Waals surface area contributed by atoms with Gasteiger partial charge in [0.25, 0.3) is 5.91 Å². The molecule has 29 heavy (non-hydrogen) atoms. The van der Waals surface area contributed by atoms with Gasteiger partial charge in [0, 0.05) is 13.2 Å². The Kier molecular flexibility index (Phi) is 11.0. The average molecular weight is 423 g/mol. The highest BCUT2D eigenvalue weighted by molar-refractivity contribution is 7.98. The SMILES string of the molecule is COc1ccccc1C(=O)NC(CCSC)C(=O)NCCCOC1CCCCC1. The maximum absolute atomic E-state index is 12.7. The number of carbonyl (C=O) groups is 2. The molecule has 0 aliphatic heterocycles. The van der Waals surface area contributed by atoms with E-state index < -0.39 is 6.04 Å². The molecule has 1 atom stereocenters. The van der Waals surface area contributed by atoms with E-state index >= 15 is 0 Å². The van der Waals surface area contributed by atoms with Crippen LogP contribution in [-0.4, -0.2) is 56.2 Å². The Morgan fingerprint density at radius 2 is 1.97 bits per heavy atom. The van der Waals surface area contributed by atoms with E-state index in [2.05, 4.69) is 10.6 Å². The van der Waals surface area contributed by atoms with Crippen molar-refractivity contribution in [3.8, 4) is 5.75 Å². The molecule has 1 aliphatic carbocycles. The van der Waals surface area contributed by atoms with Crippen LogP contribution < -0.4 is 15.4 Å². The summed E-state index contributed by atoms with van der Waals surface area (Å²) >= 11 is 1.65. The largest absolute Gasteiger partial charge is 0.496 e. The quantitative estimate of drug-likeness (QED) is 0.505. The minimum Gasteiger partial charge on any atom is -0.496 e. The molecule has 2 N–H and O–H groups in total. The van der Waals surface area contributed by atoms with Crippen LogP contribution in [-0.2, 0) is 9.53 Å². The predicted octanol–water partition coefficient (Wildman–Crippen LogP) is 3.40. The van der Waals surface area contributed by atoms with Gasteiger partial charge < -0.3 is 20.1 Å². The van der Waals surface area contributed by atoms with Crippen molar-refractivity contribution < 1.29 is 19.1 Å². The number of ether oxygens (including phenoxy) is 2. The van der Waals surface area contributed by atoms with E-state index in [0.717, 1.165) is 25.0 Å². The maximum atomic E-state index is 12.7. The van der Waals surface area contributed by atoms with E-state index in [1.54, 1.807) is 30.0 Å². The van der Waals surface area contributed by atoms with Crippen molar-refractivity contribution in [1.29, 1.82) is 0 Å². The topological polar surface area (TPSA) is 76.7 Å². The molecule has 1 saturated carbocycles. The monoisotopic (exact) mass is 422 g/mol. The molecule has 1 aliphatic rings. The molecule has 1 aromatic carbocycles. The van der Waals surface area contributed by atoms with Crippen LogP contribution in [0.4, 0.5) is 0 Å². The van der Waals surface area contributed by atoms with Crippen molar-refractivity contribution >= 4 is 23.6 Å². The number of hydrogen-bond donors (Lipinski definition) is 2. The lowest BCUT2D eigenvalue weighted by molar-refractivity contribution is -0.123. The van der Waals surface area contributed by atoms with Crippen LogP contribution in [0.25, 0.3) is 0 Å². The lowest BCUT2D eigenvalue weighted by Crippen LogP contribution is -2.47. The standard InChI is InChI=1S/C22H34N2O4S/c1-27-20-12-7-6-11-18(20)21(25)24-19(13-16-29-2)22(26)23-14-8-15-28-17-9-4-3-5-10-17/h6-7,11-12,17,19H,3-5,8-10,13-16H2,1-2H3,(H,23,26)(H,24,25). The Hall–Kier alpha value is -1.73. The molecular formula is C22H34N2O4S. The molecule has 2 amide bonds. The highest BCUT2D eigenvalue weighted by Gasteiger charge is 2.22. The molecular weight excluding hydrogens is 388 g/mol. The zero-order valence-corrected chi connectivity index (χ0v) is 18.4. The molecule has 0 bridgehead atoms. The van der Waals surface area contributed by atoms with Crippen molar-refractivity contribution in [3.05, 3.63) is 29.8 Å². The minimum atomic E-state index is -0.570. The normalized spacial score (nSPS) is 15.5. The Bertz CT molecular complexity index is 635. The number of amides is 2. The van der Waals surface area contributed by atoms with Gasteiger partial charge in [0.05, 0.1) is 18.8 Å². The van der Waals surface area contributed by atoms with E-state index in [1.807, 2.05) is 12.3 Å². The summed E-state index contributed by atoms with van der Waals surface area (Å²) in [5.41, 5.74) is 0.429. The first kappa shape index (κ1) is 23.5. The van der Waals surface area contributed by atoms with Crippen molar-refractivity contribution in [2.75, 3.05) is 32.3 Å². The minimum absolute atomic E-state index is 0.153. The Morgan fingerprint density at radius 1 is 1.21 bits per heavy atom. The van der Waals surface area contributed by atoms with Crippen molar-refractivity contribution in [3.63, 3.8) is 0 Å². The average Bonchev–Trinajstić information content (AvgIpc) is 2.76. The van der Waals surface area contributed by atoms with Gasteiger partial charge in [-0.25, -0.2) is 0 Å². The number of benzene rings is 1. The van der Waals surface area contributed by atoms with Crippen LogP contribution >= 0.6 is 11.8 Å². The fraction of sp³-hybridized carbons (Fsp3) is 0.636. The summed E-state index contributed by atoms with van der Waals surface area (Å²) in [6, 6.07) is 6.45. The number of nitrogens with one attached hydrogen (secondary N) is 2. The van der Waals surface area contributed by atoms with Gasteiger partial charge in [0.2, 0.25) is 5.91 Å². The summed E-state index contributed by atoms with van der Waals surface area (Å²) in [6.45, 7) is 1.21. The Morgan fingerprint density at radius 3 is 2.69 bits per heavy atom. The molecule has 0 radical (unpaired) electrons. The van der Waals surface area contributed by atoms with Crippen molar-refractivity contribution in [2.24, 2.45) is 0 Å². The maximum Gasteiger partial charge on any atom is 0.255 e. The van der Waals surface area contributed by atoms with Gasteiger partial charge in [-0.2, -0.15) is 11.8 Å². The molecule has 1 aromatic rings. The number of para-hydroxylation sites is 1. The van der Waals surface area contributed by atoms with Gasteiger partial charge in [-0.15, -0.1) is 0 Å². The fourth-order valence-electron chi connectivity index (χ4n) is 3.46. The second-order valence-corrected chi connectivity index (χ2v) is 8.27. The van der Waals surface area contributed by atoms with Gasteiger partial charge in [0.1, 0.15) is 11.8 Å². The van der Waals surface area contributed by atoms with Gasteiger partial charge in [-0.1, -0.05) is 31.4 Å². The molecule has 162 valence electrons. The lowest BCUT2D eigenvalue weighted by atomic mass is 9.98. The number of methoxy groups -OCH3 is 1. The predicted molar refractivity (Wildman–Crippen MR) is 118 cm³/mol. The first-order valence-electron chi connectivity index (χ1n) is 10.5. The third-order valence-corrected chi connectivity index (χ3v) is 5.75. The second-order valence-electron chi connectivity index (χ2n) is 7.28. The number of thioether (sulfide) groups is 1. The third kappa shape index (κ3) is 8.26. The molecule has 1 fully saturated rings. The number of hydrogen-bond acceptors (Lipinski definition) is 5. The first-order valence-corrected chi connectivity index (χ1v) is 11.9. The smallest absolute Gasteiger partial charge is 0.255 e. The molecule has 0 aromatic heterocycles. The van der Waals surface area contributed by atoms with E-state index in [4.69, 9.17) is 9.47 Å². The summed E-state index contributed by atoms with van der Waals surface area (Å²) in [5.74, 6) is 0.827. The summed E-state index contributed by atoms with van der Waals surface area (Å²) in [4.78, 5) is 25.3. The fourth-order valence-corrected chi connectivity index (χ4v) is 3.93. The first-order chi connectivity index (χ1) is 14.2. The Balaban J connectivity index is 1.79. The van der Waals surface area contributed by atoms with Gasteiger partial charge in [0.15, 0.2) is 0 Å². The van der Waals surface area contributed by atoms with E-state index in [9.17, 15) is 9.59 Å². The highest BCUT2D eigenvalue weighted by atomic mass is 32.2. The molecule has 7 heteroatoms. The lowest BCUT2D eigenvalue weighted by Gasteiger charge is -2.22. The second kappa shape index (κ2) is 13.5. The summed E-state index contributed by atoms with van der Waals surface area (Å²) in [5, 5.41) is 5.80. The van der Waals surface area contributed by atoms with Gasteiger partial charge >= 0.3 is 0 Å². The molecule has 6 nitrogen and oxygen atoms in total. The molecule has 0 heterocycles. The van der Waals surface area contributed by atoms with Crippen LogP contribution in [0.3, 0.4) is 0 Å². The molecule has 1 unspecified atom stereocenters. The molecule has 0 spiro atoms. The van der Waals surface area contributed by atoms with Crippen LogP contribution in [0.15, 0.2) is 24.3 Å². The third-order valence-electron chi connectivity index (χ3n) is 5.11. The summed E-state index contributed by atoms with van der Waals surface area (Å²) in [7, 11) is 1.53. The van der Waals surface area contributed by atoms with E-state index in [0.29, 0.717) is 37.0 Å². The van der Waals surface area contributed by atoms with Crippen LogP contribution in [0.1, 0.15) is 55.3 Å². The van der Waals surface area contributed by atoms with Crippen LogP contribution in [0.2, 0.25) is 0 Å². The zero-order chi connectivity index (χ0) is 20.9. The number of carbonyl (C=O) groups excluding carboxylic acids is 2. The number of rotatable bonds is 12. The van der Waals surface area contributed by atoms with E-state index in [1.165, 1.54) is 26.4 Å². The Labute approximate surface area is 178 Å². The van der Waals surface area contributed by atoms with Crippen LogP contribution in [0, 0.1) is 0 Å². The summed E-state index contributed by atoms with van der Waals surface area (Å²) in [6.07, 6.45) is 9.84. The van der Waals surface area contributed by atoms with E-state index in [-0.39, 0.29) is 11.8 Å². The van der Waals surface area contributed by atoms with Gasteiger partial charge in [-0.3, -0.25) is 9.59 Å². The molecule has 0 saturated heterocycles. The highest BCUT2D eigenvalue weighted by Crippen LogP contribution is 2.20. The van der Waals surface area contributed by atoms with Crippen molar-refractivity contribution in [2.45, 2.75) is 57.1 Å². The zero-order valence-electron chi connectivity index (χ0n) is 17.6. The van der Waals surface area contributed by atoms with Crippen LogP contribution in [0.5, 0.6) is 5.75 Å². The summed E-state index contributed by atoms with van der Waals surface area (Å²) < 4.78 is 11.2. The van der Waals surface area contributed by atoms with Gasteiger partial charge in [-0.05, 0) is 49.8 Å².